The summed E-state index contributed by atoms with van der Waals surface area (Å²) < 4.78 is 0. The number of hydrogen-bond donors (Lipinski definition) is 2. The molecule has 0 saturated carbocycles. The third-order valence-electron chi connectivity index (χ3n) is 2.30. The van der Waals surface area contributed by atoms with Crippen LogP contribution in [-0.2, 0) is 4.79 Å². The summed E-state index contributed by atoms with van der Waals surface area (Å²) in [6, 6.07) is 0.0660. The molecule has 0 aromatic carbocycles. The molecule has 4 N–H and O–H groups in total. The molecule has 0 bridgehead atoms. The SMILES string of the molecule is NC(=O)CN1CCCCC1C(N)=S. The molecule has 1 aliphatic rings. The Bertz CT molecular complexity index is 219. The van der Waals surface area contributed by atoms with Crippen LogP contribution in [0.25, 0.3) is 0 Å². The van der Waals surface area contributed by atoms with E-state index in [-0.39, 0.29) is 18.5 Å². The highest BCUT2D eigenvalue weighted by Gasteiger charge is 2.25. The number of primary amides is 1. The molecule has 4 nitrogen and oxygen atoms in total. The summed E-state index contributed by atoms with van der Waals surface area (Å²) in [6.45, 7) is 1.13. The third-order valence-corrected chi connectivity index (χ3v) is 2.57. The van der Waals surface area contributed by atoms with Gasteiger partial charge in [0.1, 0.15) is 0 Å². The van der Waals surface area contributed by atoms with E-state index in [2.05, 4.69) is 0 Å². The van der Waals surface area contributed by atoms with Crippen LogP contribution in [0.5, 0.6) is 0 Å². The number of amides is 1. The summed E-state index contributed by atoms with van der Waals surface area (Å²) in [4.78, 5) is 13.2. The van der Waals surface area contributed by atoms with Crippen molar-refractivity contribution in [2.75, 3.05) is 13.1 Å². The van der Waals surface area contributed by atoms with Crippen LogP contribution < -0.4 is 11.5 Å². The number of hydrogen-bond acceptors (Lipinski definition) is 3. The summed E-state index contributed by atoms with van der Waals surface area (Å²) in [5.74, 6) is -0.317. The average molecular weight is 201 g/mol. The molecule has 0 radical (unpaired) electrons. The molecule has 1 unspecified atom stereocenters. The number of thiocarbonyl (C=S) groups is 1. The smallest absolute Gasteiger partial charge is 0.231 e. The summed E-state index contributed by atoms with van der Waals surface area (Å²) in [6.07, 6.45) is 3.16. The fourth-order valence-corrected chi connectivity index (χ4v) is 1.97. The van der Waals surface area contributed by atoms with Crippen LogP contribution in [0.3, 0.4) is 0 Å². The zero-order valence-electron chi connectivity index (χ0n) is 7.53. The van der Waals surface area contributed by atoms with E-state index in [0.717, 1.165) is 25.8 Å². The van der Waals surface area contributed by atoms with E-state index >= 15 is 0 Å². The molecule has 0 spiro atoms. The van der Waals surface area contributed by atoms with Gasteiger partial charge in [0, 0.05) is 0 Å². The molecule has 74 valence electrons. The van der Waals surface area contributed by atoms with E-state index in [1.807, 2.05) is 4.90 Å². The van der Waals surface area contributed by atoms with Crippen molar-refractivity contribution in [3.8, 4) is 0 Å². The minimum Gasteiger partial charge on any atom is -0.392 e. The van der Waals surface area contributed by atoms with Crippen molar-refractivity contribution in [3.63, 3.8) is 0 Å². The Morgan fingerprint density at radius 2 is 2.15 bits per heavy atom. The van der Waals surface area contributed by atoms with E-state index in [0.29, 0.717) is 4.99 Å². The van der Waals surface area contributed by atoms with Gasteiger partial charge in [-0.2, -0.15) is 0 Å². The van der Waals surface area contributed by atoms with Gasteiger partial charge in [-0.1, -0.05) is 18.6 Å². The summed E-state index contributed by atoms with van der Waals surface area (Å²) in [5.41, 5.74) is 10.7. The lowest BCUT2D eigenvalue weighted by molar-refractivity contribution is -0.119. The highest BCUT2D eigenvalue weighted by atomic mass is 32.1. The summed E-state index contributed by atoms with van der Waals surface area (Å²) in [7, 11) is 0. The maximum Gasteiger partial charge on any atom is 0.231 e. The van der Waals surface area contributed by atoms with Crippen LogP contribution in [0.1, 0.15) is 19.3 Å². The largest absolute Gasteiger partial charge is 0.392 e. The molecule has 1 saturated heterocycles. The van der Waals surface area contributed by atoms with Crippen molar-refractivity contribution in [2.24, 2.45) is 11.5 Å². The van der Waals surface area contributed by atoms with Gasteiger partial charge in [0.05, 0.1) is 17.6 Å². The van der Waals surface area contributed by atoms with Crippen LogP contribution in [0, 0.1) is 0 Å². The van der Waals surface area contributed by atoms with Gasteiger partial charge in [-0.15, -0.1) is 0 Å². The lowest BCUT2D eigenvalue weighted by atomic mass is 10.0. The second-order valence-electron chi connectivity index (χ2n) is 3.35. The zero-order chi connectivity index (χ0) is 9.84. The number of piperidine rings is 1. The second-order valence-corrected chi connectivity index (χ2v) is 3.82. The van der Waals surface area contributed by atoms with Crippen molar-refractivity contribution in [1.29, 1.82) is 0 Å². The van der Waals surface area contributed by atoms with Gasteiger partial charge in [-0.05, 0) is 19.4 Å². The molecule has 1 atom stereocenters. The Morgan fingerprint density at radius 1 is 1.46 bits per heavy atom. The Balaban J connectivity index is 2.56. The van der Waals surface area contributed by atoms with Gasteiger partial charge in [0.2, 0.25) is 5.91 Å². The second kappa shape index (κ2) is 4.53. The fourth-order valence-electron chi connectivity index (χ4n) is 1.70. The van der Waals surface area contributed by atoms with Gasteiger partial charge in [-0.25, -0.2) is 0 Å². The van der Waals surface area contributed by atoms with Gasteiger partial charge < -0.3 is 11.5 Å². The fraction of sp³-hybridized carbons (Fsp3) is 0.750. The first kappa shape index (κ1) is 10.4. The van der Waals surface area contributed by atoms with Crippen molar-refractivity contribution in [2.45, 2.75) is 25.3 Å². The lowest BCUT2D eigenvalue weighted by Gasteiger charge is -2.33. The molecule has 0 aliphatic carbocycles. The van der Waals surface area contributed by atoms with Crippen molar-refractivity contribution < 1.29 is 4.79 Å². The minimum absolute atomic E-state index is 0.0660. The van der Waals surface area contributed by atoms with Crippen LogP contribution in [0.4, 0.5) is 0 Å². The molecular formula is C8H15N3OS. The molecule has 1 fully saturated rings. The molecule has 0 aromatic rings. The highest BCUT2D eigenvalue weighted by molar-refractivity contribution is 7.80. The van der Waals surface area contributed by atoms with Crippen molar-refractivity contribution in [3.05, 3.63) is 0 Å². The maximum atomic E-state index is 10.7. The summed E-state index contributed by atoms with van der Waals surface area (Å²) >= 11 is 4.93. The van der Waals surface area contributed by atoms with E-state index in [4.69, 9.17) is 23.7 Å². The van der Waals surface area contributed by atoms with E-state index < -0.39 is 0 Å². The molecule has 13 heavy (non-hydrogen) atoms. The van der Waals surface area contributed by atoms with Crippen molar-refractivity contribution in [1.82, 2.24) is 4.90 Å². The van der Waals surface area contributed by atoms with Crippen LogP contribution in [0.2, 0.25) is 0 Å². The molecular weight excluding hydrogens is 186 g/mol. The van der Waals surface area contributed by atoms with Crippen molar-refractivity contribution >= 4 is 23.1 Å². The molecule has 1 heterocycles. The van der Waals surface area contributed by atoms with E-state index in [9.17, 15) is 4.79 Å². The van der Waals surface area contributed by atoms with Gasteiger partial charge in [0.25, 0.3) is 0 Å². The number of nitrogens with zero attached hydrogens (tertiary/aromatic N) is 1. The van der Waals surface area contributed by atoms with E-state index in [1.165, 1.54) is 0 Å². The van der Waals surface area contributed by atoms with Gasteiger partial charge in [0.15, 0.2) is 0 Å². The Kier molecular flexibility index (Phi) is 3.62. The predicted octanol–water partition coefficient (Wildman–Crippen LogP) is -0.388. The quantitative estimate of drug-likeness (QED) is 0.610. The number of nitrogens with two attached hydrogens (primary N) is 2. The van der Waals surface area contributed by atoms with Crippen LogP contribution in [-0.4, -0.2) is 34.9 Å². The number of likely N-dealkylation sites (tertiary alicyclic amines) is 1. The highest BCUT2D eigenvalue weighted by Crippen LogP contribution is 2.16. The number of rotatable bonds is 3. The third kappa shape index (κ3) is 2.93. The van der Waals surface area contributed by atoms with Crippen LogP contribution >= 0.6 is 12.2 Å². The molecule has 1 amide bonds. The lowest BCUT2D eigenvalue weighted by Crippen LogP contribution is -2.49. The molecule has 1 rings (SSSR count). The topological polar surface area (TPSA) is 72.4 Å². The first-order chi connectivity index (χ1) is 6.11. The predicted molar refractivity (Wildman–Crippen MR) is 55.2 cm³/mol. The molecule has 1 aliphatic heterocycles. The Labute approximate surface area is 83.2 Å². The maximum absolute atomic E-state index is 10.7. The first-order valence-corrected chi connectivity index (χ1v) is 4.83. The normalized spacial score (nSPS) is 24.2. The van der Waals surface area contributed by atoms with Gasteiger partial charge >= 0.3 is 0 Å². The van der Waals surface area contributed by atoms with Gasteiger partial charge in [-0.3, -0.25) is 9.69 Å². The monoisotopic (exact) mass is 201 g/mol. The first-order valence-electron chi connectivity index (χ1n) is 4.43. The number of carbonyl (C=O) groups excluding carboxylic acids is 1. The number of carbonyl (C=O) groups is 1. The standard InChI is InChI=1S/C8H15N3OS/c9-7(12)5-11-4-2-1-3-6(11)8(10)13/h6H,1-5H2,(H2,9,12)(H2,10,13). The Hall–Kier alpha value is -0.680. The molecule has 0 aromatic heterocycles. The van der Waals surface area contributed by atoms with E-state index in [1.54, 1.807) is 0 Å². The summed E-state index contributed by atoms with van der Waals surface area (Å²) in [5, 5.41) is 0. The zero-order valence-corrected chi connectivity index (χ0v) is 8.35. The minimum atomic E-state index is -0.317. The Morgan fingerprint density at radius 3 is 2.69 bits per heavy atom. The molecule has 5 heteroatoms. The van der Waals surface area contributed by atoms with Crippen LogP contribution in [0.15, 0.2) is 0 Å². The average Bonchev–Trinajstić information content (AvgIpc) is 2.03.